The fourth-order valence-electron chi connectivity index (χ4n) is 3.23. The predicted molar refractivity (Wildman–Crippen MR) is 76.0 cm³/mol. The zero-order chi connectivity index (χ0) is 14.1. The highest BCUT2D eigenvalue weighted by molar-refractivity contribution is 5.95. The molecule has 2 heterocycles. The lowest BCUT2D eigenvalue weighted by Gasteiger charge is -2.26. The maximum absolute atomic E-state index is 12.6. The summed E-state index contributed by atoms with van der Waals surface area (Å²) in [6, 6.07) is 5.88. The van der Waals surface area contributed by atoms with E-state index in [9.17, 15) is 9.90 Å². The van der Waals surface area contributed by atoms with Crippen LogP contribution in [0, 0.1) is 0 Å². The Labute approximate surface area is 119 Å². The second kappa shape index (κ2) is 5.44. The van der Waals surface area contributed by atoms with Crippen molar-refractivity contribution in [1.82, 2.24) is 4.90 Å². The first-order chi connectivity index (χ1) is 9.65. The van der Waals surface area contributed by atoms with Gasteiger partial charge < -0.3 is 14.7 Å². The van der Waals surface area contributed by atoms with Crippen molar-refractivity contribution in [3.05, 3.63) is 29.3 Å². The molecule has 1 aromatic carbocycles. The van der Waals surface area contributed by atoms with Gasteiger partial charge in [0.2, 0.25) is 0 Å². The van der Waals surface area contributed by atoms with Gasteiger partial charge in [-0.15, -0.1) is 0 Å². The van der Waals surface area contributed by atoms with Crippen LogP contribution in [0.5, 0.6) is 5.75 Å². The molecular formula is C16H21NO3. The number of nitrogens with zero attached hydrogens (tertiary/aromatic N) is 1. The highest BCUT2D eigenvalue weighted by Gasteiger charge is 2.30. The molecule has 0 radical (unpaired) electrons. The van der Waals surface area contributed by atoms with Crippen molar-refractivity contribution in [2.45, 2.75) is 44.8 Å². The van der Waals surface area contributed by atoms with Gasteiger partial charge in [0.15, 0.2) is 0 Å². The van der Waals surface area contributed by atoms with Crippen LogP contribution in [0.2, 0.25) is 0 Å². The van der Waals surface area contributed by atoms with Gasteiger partial charge in [-0.3, -0.25) is 4.79 Å². The number of carbonyl (C=O) groups excluding carboxylic acids is 1. The van der Waals surface area contributed by atoms with Crippen molar-refractivity contribution in [2.24, 2.45) is 0 Å². The van der Waals surface area contributed by atoms with Gasteiger partial charge in [0.1, 0.15) is 5.75 Å². The number of ether oxygens (including phenoxy) is 1. The van der Waals surface area contributed by atoms with E-state index in [1.807, 2.05) is 23.1 Å². The minimum atomic E-state index is -0.359. The van der Waals surface area contributed by atoms with E-state index in [-0.39, 0.29) is 18.1 Å². The van der Waals surface area contributed by atoms with Gasteiger partial charge in [-0.2, -0.15) is 0 Å². The minimum Gasteiger partial charge on any atom is -0.493 e. The molecule has 4 heteroatoms. The number of likely N-dealkylation sites (tertiary alicyclic amines) is 1. The molecule has 2 aliphatic heterocycles. The average molecular weight is 275 g/mol. The Balaban J connectivity index is 1.78. The third kappa shape index (κ3) is 2.52. The Bertz CT molecular complexity index is 512. The van der Waals surface area contributed by atoms with Crippen LogP contribution >= 0.6 is 0 Å². The van der Waals surface area contributed by atoms with E-state index in [1.165, 1.54) is 0 Å². The third-order valence-electron chi connectivity index (χ3n) is 4.19. The predicted octanol–water partition coefficient (Wildman–Crippen LogP) is 2.00. The normalized spacial score (nSPS) is 22.5. The van der Waals surface area contributed by atoms with Crippen LogP contribution in [0.3, 0.4) is 0 Å². The fraction of sp³-hybridized carbons (Fsp3) is 0.562. The van der Waals surface area contributed by atoms with E-state index in [1.54, 1.807) is 6.92 Å². The number of aliphatic hydroxyl groups is 1. The number of hydrogen-bond donors (Lipinski definition) is 1. The molecule has 0 saturated carbocycles. The molecule has 1 aromatic rings. The zero-order valence-corrected chi connectivity index (χ0v) is 11.8. The van der Waals surface area contributed by atoms with Crippen LogP contribution in [0.4, 0.5) is 0 Å². The van der Waals surface area contributed by atoms with Crippen LogP contribution in [0.1, 0.15) is 42.1 Å². The minimum absolute atomic E-state index is 0.0860. The number of fused-ring (bicyclic) bond motifs is 1. The van der Waals surface area contributed by atoms with Crippen molar-refractivity contribution < 1.29 is 14.6 Å². The standard InChI is InChI=1S/C16H21NO3/c1-11(18)9-14-3-2-7-17(14)16(19)13-4-5-15-12(10-13)6-8-20-15/h4-5,10-11,14,18H,2-3,6-9H2,1H3. The number of benzene rings is 1. The first kappa shape index (κ1) is 13.4. The van der Waals surface area contributed by atoms with Crippen LogP contribution in [-0.4, -0.2) is 41.2 Å². The Morgan fingerprint density at radius 2 is 2.40 bits per heavy atom. The summed E-state index contributed by atoms with van der Waals surface area (Å²) in [5.41, 5.74) is 1.87. The van der Waals surface area contributed by atoms with Crippen LogP contribution < -0.4 is 4.74 Å². The molecule has 4 nitrogen and oxygen atoms in total. The van der Waals surface area contributed by atoms with Crippen LogP contribution in [-0.2, 0) is 6.42 Å². The number of aliphatic hydroxyl groups excluding tert-OH is 1. The zero-order valence-electron chi connectivity index (χ0n) is 11.8. The smallest absolute Gasteiger partial charge is 0.254 e. The first-order valence-corrected chi connectivity index (χ1v) is 7.40. The van der Waals surface area contributed by atoms with E-state index in [4.69, 9.17) is 4.74 Å². The monoisotopic (exact) mass is 275 g/mol. The lowest BCUT2D eigenvalue weighted by molar-refractivity contribution is 0.0682. The summed E-state index contributed by atoms with van der Waals surface area (Å²) in [6.07, 6.45) is 3.21. The SMILES string of the molecule is CC(O)CC1CCCN1C(=O)c1ccc2c(c1)CCO2. The summed E-state index contributed by atoms with van der Waals surface area (Å²) in [6.45, 7) is 3.29. The molecule has 2 aliphatic rings. The van der Waals surface area contributed by atoms with E-state index < -0.39 is 0 Å². The fourth-order valence-corrected chi connectivity index (χ4v) is 3.23. The van der Waals surface area contributed by atoms with Crippen molar-refractivity contribution in [3.63, 3.8) is 0 Å². The topological polar surface area (TPSA) is 49.8 Å². The molecule has 1 N–H and O–H groups in total. The highest BCUT2D eigenvalue weighted by Crippen LogP contribution is 2.28. The highest BCUT2D eigenvalue weighted by atomic mass is 16.5. The van der Waals surface area contributed by atoms with Gasteiger partial charge in [-0.25, -0.2) is 0 Å². The lowest BCUT2D eigenvalue weighted by atomic mass is 10.1. The van der Waals surface area contributed by atoms with Gasteiger partial charge in [-0.1, -0.05) is 0 Å². The lowest BCUT2D eigenvalue weighted by Crippen LogP contribution is -2.37. The summed E-state index contributed by atoms with van der Waals surface area (Å²) in [7, 11) is 0. The molecule has 0 spiro atoms. The molecule has 1 saturated heterocycles. The Morgan fingerprint density at radius 3 is 3.20 bits per heavy atom. The van der Waals surface area contributed by atoms with Crippen molar-refractivity contribution in [3.8, 4) is 5.75 Å². The molecular weight excluding hydrogens is 254 g/mol. The molecule has 0 aromatic heterocycles. The summed E-state index contributed by atoms with van der Waals surface area (Å²) in [4.78, 5) is 14.6. The number of rotatable bonds is 3. The summed E-state index contributed by atoms with van der Waals surface area (Å²) in [5, 5.41) is 9.56. The molecule has 1 fully saturated rings. The molecule has 2 atom stereocenters. The molecule has 3 rings (SSSR count). The van der Waals surface area contributed by atoms with Gasteiger partial charge in [0.05, 0.1) is 12.7 Å². The van der Waals surface area contributed by atoms with Gasteiger partial charge in [0.25, 0.3) is 5.91 Å². The Kier molecular flexibility index (Phi) is 3.66. The summed E-state index contributed by atoms with van der Waals surface area (Å²) < 4.78 is 5.47. The molecule has 20 heavy (non-hydrogen) atoms. The largest absolute Gasteiger partial charge is 0.493 e. The van der Waals surface area contributed by atoms with Crippen LogP contribution in [0.25, 0.3) is 0 Å². The number of hydrogen-bond acceptors (Lipinski definition) is 3. The summed E-state index contributed by atoms with van der Waals surface area (Å²) >= 11 is 0. The van der Waals surface area contributed by atoms with E-state index in [0.29, 0.717) is 13.0 Å². The van der Waals surface area contributed by atoms with Gasteiger partial charge >= 0.3 is 0 Å². The molecule has 1 amide bonds. The van der Waals surface area contributed by atoms with Crippen molar-refractivity contribution >= 4 is 5.91 Å². The maximum atomic E-state index is 12.6. The second-order valence-electron chi connectivity index (χ2n) is 5.80. The number of carbonyl (C=O) groups is 1. The molecule has 0 bridgehead atoms. The summed E-state index contributed by atoms with van der Waals surface area (Å²) in [5.74, 6) is 0.992. The van der Waals surface area contributed by atoms with Gasteiger partial charge in [0, 0.05) is 24.6 Å². The Morgan fingerprint density at radius 1 is 1.55 bits per heavy atom. The van der Waals surface area contributed by atoms with E-state index in [0.717, 1.165) is 42.7 Å². The van der Waals surface area contributed by atoms with Crippen molar-refractivity contribution in [1.29, 1.82) is 0 Å². The Hall–Kier alpha value is -1.55. The van der Waals surface area contributed by atoms with Crippen LogP contribution in [0.15, 0.2) is 18.2 Å². The van der Waals surface area contributed by atoms with Crippen molar-refractivity contribution in [2.75, 3.05) is 13.2 Å². The maximum Gasteiger partial charge on any atom is 0.254 e. The van der Waals surface area contributed by atoms with Gasteiger partial charge in [-0.05, 0) is 49.9 Å². The van der Waals surface area contributed by atoms with E-state index in [2.05, 4.69) is 0 Å². The second-order valence-corrected chi connectivity index (χ2v) is 5.80. The first-order valence-electron chi connectivity index (χ1n) is 7.40. The molecule has 2 unspecified atom stereocenters. The molecule has 108 valence electrons. The van der Waals surface area contributed by atoms with E-state index >= 15 is 0 Å². The third-order valence-corrected chi connectivity index (χ3v) is 4.19. The number of amides is 1. The average Bonchev–Trinajstić information content (AvgIpc) is 3.04. The molecule has 0 aliphatic carbocycles. The quantitative estimate of drug-likeness (QED) is 0.918.